The molecule has 0 amide bonds. The molecule has 82 valence electrons. The van der Waals surface area contributed by atoms with Gasteiger partial charge in [0.2, 0.25) is 0 Å². The first-order valence-electron chi connectivity index (χ1n) is 5.41. The summed E-state index contributed by atoms with van der Waals surface area (Å²) in [6, 6.07) is 0.361. The number of nitrogens with zero attached hydrogens (tertiary/aromatic N) is 2. The van der Waals surface area contributed by atoms with Gasteiger partial charge in [0, 0.05) is 19.6 Å². The molecule has 0 aromatic heterocycles. The van der Waals surface area contributed by atoms with E-state index in [0.717, 1.165) is 18.8 Å². The van der Waals surface area contributed by atoms with Crippen molar-refractivity contribution in [3.63, 3.8) is 0 Å². The molecule has 0 bridgehead atoms. The standard InChI is InChI=1S/C12H24N2/c1-7-8-14(6)12(9-10(2)3)13-11(4)5/h9,11H,7-8H2,1-6H3/b13-12+. The summed E-state index contributed by atoms with van der Waals surface area (Å²) in [5.74, 6) is 1.10. The number of allylic oxidation sites excluding steroid dienone is 1. The lowest BCUT2D eigenvalue weighted by molar-refractivity contribution is 0.498. The first-order valence-corrected chi connectivity index (χ1v) is 5.41. The summed E-state index contributed by atoms with van der Waals surface area (Å²) in [5, 5.41) is 0. The van der Waals surface area contributed by atoms with Gasteiger partial charge < -0.3 is 4.90 Å². The van der Waals surface area contributed by atoms with E-state index >= 15 is 0 Å². The molecule has 0 aliphatic carbocycles. The van der Waals surface area contributed by atoms with E-state index in [0.29, 0.717) is 6.04 Å². The van der Waals surface area contributed by atoms with Gasteiger partial charge in [0.15, 0.2) is 0 Å². The highest BCUT2D eigenvalue weighted by Crippen LogP contribution is 2.00. The molecule has 0 saturated carbocycles. The lowest BCUT2D eigenvalue weighted by atomic mass is 10.3. The Hall–Kier alpha value is -0.790. The van der Waals surface area contributed by atoms with Crippen LogP contribution in [0, 0.1) is 0 Å². The normalized spacial score (nSPS) is 11.8. The van der Waals surface area contributed by atoms with E-state index in [1.165, 1.54) is 5.57 Å². The molecule has 0 aromatic carbocycles. The van der Waals surface area contributed by atoms with Gasteiger partial charge in [-0.1, -0.05) is 12.5 Å². The van der Waals surface area contributed by atoms with Crippen molar-refractivity contribution in [2.75, 3.05) is 13.6 Å². The van der Waals surface area contributed by atoms with E-state index in [2.05, 4.69) is 57.6 Å². The highest BCUT2D eigenvalue weighted by Gasteiger charge is 2.02. The van der Waals surface area contributed by atoms with Gasteiger partial charge >= 0.3 is 0 Å². The Balaban J connectivity index is 4.64. The van der Waals surface area contributed by atoms with E-state index in [4.69, 9.17) is 0 Å². The average Bonchev–Trinajstić information content (AvgIpc) is 2.01. The fraction of sp³-hybridized carbons (Fsp3) is 0.750. The third-order valence-corrected chi connectivity index (χ3v) is 1.76. The van der Waals surface area contributed by atoms with E-state index < -0.39 is 0 Å². The van der Waals surface area contributed by atoms with Crippen LogP contribution in [0.2, 0.25) is 0 Å². The van der Waals surface area contributed by atoms with Gasteiger partial charge in [0.25, 0.3) is 0 Å². The molecular formula is C12H24N2. The highest BCUT2D eigenvalue weighted by atomic mass is 15.2. The van der Waals surface area contributed by atoms with E-state index in [9.17, 15) is 0 Å². The van der Waals surface area contributed by atoms with Crippen LogP contribution in [0.3, 0.4) is 0 Å². The van der Waals surface area contributed by atoms with Gasteiger partial charge in [-0.05, 0) is 40.2 Å². The molecule has 0 fully saturated rings. The molecule has 0 rings (SSSR count). The Morgan fingerprint density at radius 1 is 1.36 bits per heavy atom. The zero-order chi connectivity index (χ0) is 11.1. The molecule has 0 spiro atoms. The van der Waals surface area contributed by atoms with Gasteiger partial charge in [-0.15, -0.1) is 0 Å². The third-order valence-electron chi connectivity index (χ3n) is 1.76. The lowest BCUT2D eigenvalue weighted by Gasteiger charge is -2.19. The third kappa shape index (κ3) is 5.79. The Morgan fingerprint density at radius 3 is 2.29 bits per heavy atom. The maximum Gasteiger partial charge on any atom is 0.123 e. The van der Waals surface area contributed by atoms with Crippen molar-refractivity contribution in [3.05, 3.63) is 11.6 Å². The molecule has 0 unspecified atom stereocenters. The molecule has 0 atom stereocenters. The zero-order valence-corrected chi connectivity index (χ0v) is 10.5. The Bertz CT molecular complexity index is 210. The van der Waals surface area contributed by atoms with Crippen LogP contribution in [-0.4, -0.2) is 30.4 Å². The molecular weight excluding hydrogens is 172 g/mol. The largest absolute Gasteiger partial charge is 0.360 e. The SMILES string of the molecule is CCCN(C)/C(C=C(C)C)=N/C(C)C. The number of hydrogen-bond acceptors (Lipinski definition) is 1. The first kappa shape index (κ1) is 13.2. The van der Waals surface area contributed by atoms with Crippen LogP contribution in [0.15, 0.2) is 16.6 Å². The maximum absolute atomic E-state index is 4.60. The summed E-state index contributed by atoms with van der Waals surface area (Å²) in [7, 11) is 2.10. The predicted molar refractivity (Wildman–Crippen MR) is 64.9 cm³/mol. The van der Waals surface area contributed by atoms with Crippen LogP contribution in [-0.2, 0) is 0 Å². The molecule has 2 nitrogen and oxygen atoms in total. The summed E-state index contributed by atoms with van der Waals surface area (Å²) in [4.78, 5) is 6.82. The van der Waals surface area contributed by atoms with Crippen LogP contribution in [0.1, 0.15) is 41.0 Å². The van der Waals surface area contributed by atoms with Crippen LogP contribution >= 0.6 is 0 Å². The summed E-state index contributed by atoms with van der Waals surface area (Å²) in [6.45, 7) is 11.7. The summed E-state index contributed by atoms with van der Waals surface area (Å²) < 4.78 is 0. The van der Waals surface area contributed by atoms with Crippen LogP contribution in [0.4, 0.5) is 0 Å². The topological polar surface area (TPSA) is 15.6 Å². The monoisotopic (exact) mass is 196 g/mol. The Labute approximate surface area is 88.7 Å². The molecule has 14 heavy (non-hydrogen) atoms. The molecule has 0 aromatic rings. The number of amidine groups is 1. The second kappa shape index (κ2) is 6.63. The molecule has 0 saturated heterocycles. The van der Waals surface area contributed by atoms with Crippen LogP contribution in [0.25, 0.3) is 0 Å². The Kier molecular flexibility index (Phi) is 6.26. The average molecular weight is 196 g/mol. The predicted octanol–water partition coefficient (Wildman–Crippen LogP) is 3.10. The van der Waals surface area contributed by atoms with E-state index in [-0.39, 0.29) is 0 Å². The molecule has 0 heterocycles. The second-order valence-corrected chi connectivity index (χ2v) is 4.22. The quantitative estimate of drug-likeness (QED) is 0.498. The number of likely N-dealkylation sites (N-methyl/N-ethyl adjacent to an activating group) is 1. The number of rotatable bonds is 4. The smallest absolute Gasteiger partial charge is 0.123 e. The van der Waals surface area contributed by atoms with Crippen LogP contribution < -0.4 is 0 Å². The number of aliphatic imine (C=N–C) groups is 1. The zero-order valence-electron chi connectivity index (χ0n) is 10.5. The minimum absolute atomic E-state index is 0.361. The molecule has 0 aliphatic rings. The van der Waals surface area contributed by atoms with Crippen molar-refractivity contribution in [2.45, 2.75) is 47.1 Å². The summed E-state index contributed by atoms with van der Waals surface area (Å²) in [6.07, 6.45) is 3.31. The fourth-order valence-electron chi connectivity index (χ4n) is 1.22. The summed E-state index contributed by atoms with van der Waals surface area (Å²) >= 11 is 0. The lowest BCUT2D eigenvalue weighted by Crippen LogP contribution is -2.27. The van der Waals surface area contributed by atoms with Crippen molar-refractivity contribution in [3.8, 4) is 0 Å². The van der Waals surface area contributed by atoms with E-state index in [1.807, 2.05) is 0 Å². The minimum Gasteiger partial charge on any atom is -0.360 e. The van der Waals surface area contributed by atoms with E-state index in [1.54, 1.807) is 0 Å². The molecule has 0 N–H and O–H groups in total. The van der Waals surface area contributed by atoms with Crippen molar-refractivity contribution in [2.24, 2.45) is 4.99 Å². The number of hydrogen-bond donors (Lipinski definition) is 0. The van der Waals surface area contributed by atoms with Crippen LogP contribution in [0.5, 0.6) is 0 Å². The van der Waals surface area contributed by atoms with Crippen molar-refractivity contribution >= 4 is 5.84 Å². The van der Waals surface area contributed by atoms with Gasteiger partial charge in [0.05, 0.1) is 0 Å². The van der Waals surface area contributed by atoms with Crippen molar-refractivity contribution in [1.82, 2.24) is 4.90 Å². The molecule has 0 radical (unpaired) electrons. The Morgan fingerprint density at radius 2 is 1.93 bits per heavy atom. The summed E-state index contributed by atoms with van der Waals surface area (Å²) in [5.41, 5.74) is 1.30. The maximum atomic E-state index is 4.60. The molecule has 0 aliphatic heterocycles. The molecule has 2 heteroatoms. The highest BCUT2D eigenvalue weighted by molar-refractivity contribution is 5.93. The van der Waals surface area contributed by atoms with Crippen molar-refractivity contribution < 1.29 is 0 Å². The van der Waals surface area contributed by atoms with Crippen molar-refractivity contribution in [1.29, 1.82) is 0 Å². The first-order chi connectivity index (χ1) is 6.47. The van der Waals surface area contributed by atoms with Gasteiger partial charge in [-0.2, -0.15) is 0 Å². The minimum atomic E-state index is 0.361. The van der Waals surface area contributed by atoms with Gasteiger partial charge in [-0.25, -0.2) is 0 Å². The fourth-order valence-corrected chi connectivity index (χ4v) is 1.22. The van der Waals surface area contributed by atoms with Gasteiger partial charge in [-0.3, -0.25) is 4.99 Å². The van der Waals surface area contributed by atoms with Gasteiger partial charge in [0.1, 0.15) is 5.84 Å². The second-order valence-electron chi connectivity index (χ2n) is 4.22.